The number of hydrazone groups is 1. The molecule has 0 saturated heterocycles. The van der Waals surface area contributed by atoms with Gasteiger partial charge in [0.05, 0.1) is 34.3 Å². The molecule has 4 rings (SSSR count). The second kappa shape index (κ2) is 9.15. The Balaban J connectivity index is 1.57. The highest BCUT2D eigenvalue weighted by Crippen LogP contribution is 2.21. The van der Waals surface area contributed by atoms with E-state index in [2.05, 4.69) is 20.5 Å². The highest BCUT2D eigenvalue weighted by atomic mass is 32.2. The van der Waals surface area contributed by atoms with Crippen molar-refractivity contribution >= 4 is 34.8 Å². The molecular weight excluding hydrogens is 398 g/mol. The Labute approximate surface area is 176 Å². The summed E-state index contributed by atoms with van der Waals surface area (Å²) in [5, 5.41) is 4.87. The number of pyridine rings is 1. The van der Waals surface area contributed by atoms with Crippen molar-refractivity contribution in [3.05, 3.63) is 95.0 Å². The van der Waals surface area contributed by atoms with Crippen molar-refractivity contribution in [3.8, 4) is 5.69 Å². The first-order valence-corrected chi connectivity index (χ1v) is 10.1. The highest BCUT2D eigenvalue weighted by Gasteiger charge is 2.14. The maximum Gasteiger partial charge on any atom is 0.266 e. The lowest BCUT2D eigenvalue weighted by molar-refractivity contribution is -0.118. The van der Waals surface area contributed by atoms with E-state index >= 15 is 0 Å². The van der Waals surface area contributed by atoms with Gasteiger partial charge in [-0.25, -0.2) is 10.4 Å². The molecule has 8 heteroatoms. The van der Waals surface area contributed by atoms with Crippen LogP contribution in [0.3, 0.4) is 0 Å². The zero-order valence-corrected chi connectivity index (χ0v) is 16.6. The van der Waals surface area contributed by atoms with Crippen LogP contribution in [-0.2, 0) is 4.79 Å². The van der Waals surface area contributed by atoms with Crippen LogP contribution in [0.2, 0.25) is 0 Å². The van der Waals surface area contributed by atoms with Crippen LogP contribution in [0.4, 0.5) is 0 Å². The summed E-state index contributed by atoms with van der Waals surface area (Å²) >= 11 is 1.18. The van der Waals surface area contributed by atoms with Gasteiger partial charge in [0.2, 0.25) is 0 Å². The number of nitrogens with zero attached hydrogens (tertiary/aromatic N) is 4. The molecule has 0 aliphatic carbocycles. The fraction of sp³-hybridized carbons (Fsp3) is 0.0455. The number of aromatic nitrogens is 3. The number of fused-ring (bicyclic) bond motifs is 1. The molecule has 1 amide bonds. The molecule has 0 spiro atoms. The fourth-order valence-electron chi connectivity index (χ4n) is 2.80. The van der Waals surface area contributed by atoms with Gasteiger partial charge in [-0.3, -0.25) is 19.1 Å². The van der Waals surface area contributed by atoms with Crippen molar-refractivity contribution < 1.29 is 4.79 Å². The molecule has 2 heterocycles. The summed E-state index contributed by atoms with van der Waals surface area (Å²) in [6.45, 7) is 0. The van der Waals surface area contributed by atoms with Gasteiger partial charge in [0.1, 0.15) is 0 Å². The third kappa shape index (κ3) is 4.44. The molecule has 0 atom stereocenters. The summed E-state index contributed by atoms with van der Waals surface area (Å²) in [6.07, 6.45) is 3.12. The molecular formula is C22H17N5O2S. The van der Waals surface area contributed by atoms with Gasteiger partial charge >= 0.3 is 0 Å². The van der Waals surface area contributed by atoms with E-state index < -0.39 is 0 Å². The molecule has 2 aromatic heterocycles. The lowest BCUT2D eigenvalue weighted by Crippen LogP contribution is -2.24. The summed E-state index contributed by atoms with van der Waals surface area (Å²) in [4.78, 5) is 34.0. The van der Waals surface area contributed by atoms with Crippen molar-refractivity contribution in [1.82, 2.24) is 20.0 Å². The van der Waals surface area contributed by atoms with E-state index in [9.17, 15) is 9.59 Å². The van der Waals surface area contributed by atoms with Gasteiger partial charge in [-0.05, 0) is 36.4 Å². The summed E-state index contributed by atoms with van der Waals surface area (Å²) < 4.78 is 1.53. The number of para-hydroxylation sites is 2. The number of thioether (sulfide) groups is 1. The van der Waals surface area contributed by atoms with Crippen LogP contribution in [0.25, 0.3) is 16.6 Å². The van der Waals surface area contributed by atoms with Crippen molar-refractivity contribution in [3.63, 3.8) is 0 Å². The Morgan fingerprint density at radius 3 is 2.60 bits per heavy atom. The summed E-state index contributed by atoms with van der Waals surface area (Å²) in [5.41, 5.74) is 4.21. The van der Waals surface area contributed by atoms with E-state index in [4.69, 9.17) is 0 Å². The third-order valence-electron chi connectivity index (χ3n) is 4.17. The van der Waals surface area contributed by atoms with Crippen molar-refractivity contribution in [2.24, 2.45) is 5.10 Å². The summed E-state index contributed by atoms with van der Waals surface area (Å²) in [5.74, 6) is -0.258. The van der Waals surface area contributed by atoms with E-state index in [1.54, 1.807) is 36.5 Å². The molecule has 4 aromatic rings. The van der Waals surface area contributed by atoms with Crippen LogP contribution < -0.4 is 11.0 Å². The SMILES string of the molecule is O=C(CSc1nc2ccccc2c(=O)n1-c1ccccc1)NN=Cc1ccccn1. The van der Waals surface area contributed by atoms with Gasteiger partial charge < -0.3 is 0 Å². The first-order valence-electron chi connectivity index (χ1n) is 9.15. The predicted molar refractivity (Wildman–Crippen MR) is 118 cm³/mol. The minimum Gasteiger partial charge on any atom is -0.272 e. The molecule has 1 N–H and O–H groups in total. The molecule has 0 fully saturated rings. The summed E-state index contributed by atoms with van der Waals surface area (Å²) in [6, 6.07) is 21.8. The van der Waals surface area contributed by atoms with Crippen LogP contribution in [0.1, 0.15) is 5.69 Å². The number of amides is 1. The molecule has 148 valence electrons. The number of hydrogen-bond acceptors (Lipinski definition) is 6. The fourth-order valence-corrected chi connectivity index (χ4v) is 3.60. The number of hydrogen-bond donors (Lipinski definition) is 1. The van der Waals surface area contributed by atoms with Gasteiger partial charge in [0.15, 0.2) is 5.16 Å². The Bertz CT molecular complexity index is 1260. The Morgan fingerprint density at radius 1 is 1.03 bits per heavy atom. The van der Waals surface area contributed by atoms with E-state index in [0.29, 0.717) is 27.4 Å². The number of nitrogens with one attached hydrogen (secondary N) is 1. The number of benzene rings is 2. The number of carbonyl (C=O) groups is 1. The topological polar surface area (TPSA) is 89.2 Å². The molecule has 2 aromatic carbocycles. The van der Waals surface area contributed by atoms with Gasteiger partial charge in [-0.15, -0.1) is 0 Å². The van der Waals surface area contributed by atoms with Crippen molar-refractivity contribution in [1.29, 1.82) is 0 Å². The highest BCUT2D eigenvalue weighted by molar-refractivity contribution is 7.99. The normalized spacial score (nSPS) is 11.1. The maximum absolute atomic E-state index is 13.1. The van der Waals surface area contributed by atoms with Gasteiger partial charge in [-0.2, -0.15) is 5.10 Å². The molecule has 0 aliphatic rings. The Morgan fingerprint density at radius 2 is 1.80 bits per heavy atom. The second-order valence-corrected chi connectivity index (χ2v) is 7.17. The minimum absolute atomic E-state index is 0.0528. The standard InChI is InChI=1S/C22H17N5O2S/c28-20(26-24-14-16-8-6-7-13-23-16)15-30-22-25-19-12-5-4-11-18(19)21(29)27(22)17-9-2-1-3-10-17/h1-14H,15H2,(H,26,28). The Kier molecular flexibility index (Phi) is 5.95. The van der Waals surface area contributed by atoms with Crippen molar-refractivity contribution in [2.75, 3.05) is 5.75 Å². The quantitative estimate of drug-likeness (QED) is 0.226. The number of rotatable bonds is 6. The third-order valence-corrected chi connectivity index (χ3v) is 5.10. The first-order chi connectivity index (χ1) is 14.7. The minimum atomic E-state index is -0.311. The average molecular weight is 415 g/mol. The van der Waals surface area contributed by atoms with E-state index in [1.165, 1.54) is 22.5 Å². The van der Waals surface area contributed by atoms with E-state index in [0.717, 1.165) is 0 Å². The van der Waals surface area contributed by atoms with Crippen LogP contribution in [0, 0.1) is 0 Å². The molecule has 7 nitrogen and oxygen atoms in total. The Hall–Kier alpha value is -3.78. The zero-order valence-electron chi connectivity index (χ0n) is 15.8. The van der Waals surface area contributed by atoms with Gasteiger partial charge in [-0.1, -0.05) is 48.2 Å². The lowest BCUT2D eigenvalue weighted by atomic mass is 10.2. The van der Waals surface area contributed by atoms with E-state index in [1.807, 2.05) is 42.5 Å². The average Bonchev–Trinajstić information content (AvgIpc) is 2.79. The second-order valence-electron chi connectivity index (χ2n) is 6.22. The molecule has 30 heavy (non-hydrogen) atoms. The molecule has 0 radical (unpaired) electrons. The largest absolute Gasteiger partial charge is 0.272 e. The zero-order chi connectivity index (χ0) is 20.8. The lowest BCUT2D eigenvalue weighted by Gasteiger charge is -2.12. The summed E-state index contributed by atoms with van der Waals surface area (Å²) in [7, 11) is 0. The van der Waals surface area contributed by atoms with Crippen LogP contribution in [0.5, 0.6) is 0 Å². The molecule has 0 unspecified atom stereocenters. The van der Waals surface area contributed by atoms with Crippen LogP contribution >= 0.6 is 11.8 Å². The molecule has 0 bridgehead atoms. The van der Waals surface area contributed by atoms with Crippen LogP contribution in [-0.4, -0.2) is 32.4 Å². The van der Waals surface area contributed by atoms with Gasteiger partial charge in [0.25, 0.3) is 11.5 Å². The van der Waals surface area contributed by atoms with Crippen LogP contribution in [0.15, 0.2) is 94.0 Å². The maximum atomic E-state index is 13.1. The van der Waals surface area contributed by atoms with E-state index in [-0.39, 0.29) is 17.2 Å². The number of carbonyl (C=O) groups excluding carboxylic acids is 1. The van der Waals surface area contributed by atoms with Gasteiger partial charge in [0, 0.05) is 6.20 Å². The predicted octanol–water partition coefficient (Wildman–Crippen LogP) is 3.02. The molecule has 0 saturated carbocycles. The first kappa shape index (κ1) is 19.5. The smallest absolute Gasteiger partial charge is 0.266 e. The molecule has 0 aliphatic heterocycles. The monoisotopic (exact) mass is 415 g/mol. The van der Waals surface area contributed by atoms with Crippen molar-refractivity contribution in [2.45, 2.75) is 5.16 Å².